The molecule has 0 aromatic carbocycles. The molecular formula is C16H25N5O2. The first kappa shape index (κ1) is 15.1. The van der Waals surface area contributed by atoms with Gasteiger partial charge in [0.25, 0.3) is 0 Å². The summed E-state index contributed by atoms with van der Waals surface area (Å²) in [5.74, 6) is 2.52. The molecule has 0 spiro atoms. The Labute approximate surface area is 136 Å². The van der Waals surface area contributed by atoms with Gasteiger partial charge < -0.3 is 14.2 Å². The molecule has 3 aliphatic rings. The third-order valence-electron chi connectivity index (χ3n) is 5.38. The number of nitrogens with zero attached hydrogens (tertiary/aromatic N) is 5. The standard InChI is InChI=1S/C16H25N5O2/c1-2-14-17-18-15-10-19(5-6-21(14)15)13-8-20(9-13)16(22)12-4-3-7-23-11-12/h12-13H,2-11H2,1H3/t12-/m0/s1. The van der Waals surface area contributed by atoms with Crippen molar-refractivity contribution in [1.82, 2.24) is 24.6 Å². The van der Waals surface area contributed by atoms with Crippen LogP contribution in [0.5, 0.6) is 0 Å². The molecule has 2 fully saturated rings. The molecule has 7 nitrogen and oxygen atoms in total. The number of rotatable bonds is 3. The zero-order chi connectivity index (χ0) is 15.8. The molecule has 4 rings (SSSR count). The summed E-state index contributed by atoms with van der Waals surface area (Å²) in [5.41, 5.74) is 0. The SMILES string of the molecule is CCc1nnc2n1CCN(C1CN(C(=O)[C@H]3CCCOC3)C1)C2. The molecule has 0 aliphatic carbocycles. The van der Waals surface area contributed by atoms with Crippen molar-refractivity contribution in [2.75, 3.05) is 32.8 Å². The van der Waals surface area contributed by atoms with E-state index >= 15 is 0 Å². The molecule has 1 aromatic rings. The van der Waals surface area contributed by atoms with Gasteiger partial charge >= 0.3 is 0 Å². The smallest absolute Gasteiger partial charge is 0.228 e. The zero-order valence-electron chi connectivity index (χ0n) is 13.8. The maximum atomic E-state index is 12.5. The number of ether oxygens (including phenoxy) is 1. The Balaban J connectivity index is 1.31. The fourth-order valence-corrected chi connectivity index (χ4v) is 3.87. The van der Waals surface area contributed by atoms with Gasteiger partial charge in [0.1, 0.15) is 11.6 Å². The van der Waals surface area contributed by atoms with E-state index in [4.69, 9.17) is 4.74 Å². The van der Waals surface area contributed by atoms with Crippen LogP contribution in [0.15, 0.2) is 0 Å². The number of hydrogen-bond acceptors (Lipinski definition) is 5. The summed E-state index contributed by atoms with van der Waals surface area (Å²) in [7, 11) is 0. The third kappa shape index (κ3) is 2.76. The number of aryl methyl sites for hydroxylation is 1. The van der Waals surface area contributed by atoms with E-state index in [1.807, 2.05) is 4.90 Å². The average molecular weight is 319 g/mol. The molecule has 0 N–H and O–H groups in total. The van der Waals surface area contributed by atoms with Gasteiger partial charge in [-0.3, -0.25) is 9.69 Å². The lowest BCUT2D eigenvalue weighted by molar-refractivity contribution is -0.147. The number of fused-ring (bicyclic) bond motifs is 1. The molecule has 1 atom stereocenters. The van der Waals surface area contributed by atoms with Crippen LogP contribution in [0.4, 0.5) is 0 Å². The lowest BCUT2D eigenvalue weighted by Crippen LogP contribution is -2.63. The summed E-state index contributed by atoms with van der Waals surface area (Å²) in [6.07, 6.45) is 2.92. The van der Waals surface area contributed by atoms with Gasteiger partial charge in [-0.25, -0.2) is 0 Å². The normalized spacial score (nSPS) is 26.0. The van der Waals surface area contributed by atoms with Crippen LogP contribution in [-0.4, -0.2) is 69.4 Å². The van der Waals surface area contributed by atoms with Crippen LogP contribution in [0, 0.1) is 5.92 Å². The van der Waals surface area contributed by atoms with Gasteiger partial charge in [-0.2, -0.15) is 0 Å². The van der Waals surface area contributed by atoms with Crippen LogP contribution in [0.1, 0.15) is 31.4 Å². The lowest BCUT2D eigenvalue weighted by Gasteiger charge is -2.47. The molecule has 0 bridgehead atoms. The zero-order valence-corrected chi connectivity index (χ0v) is 13.8. The number of likely N-dealkylation sites (tertiary alicyclic amines) is 1. The lowest BCUT2D eigenvalue weighted by atomic mass is 9.97. The minimum atomic E-state index is 0.0845. The van der Waals surface area contributed by atoms with Gasteiger partial charge in [0.05, 0.1) is 19.1 Å². The van der Waals surface area contributed by atoms with Crippen molar-refractivity contribution in [1.29, 1.82) is 0 Å². The fraction of sp³-hybridized carbons (Fsp3) is 0.812. The molecular weight excluding hydrogens is 294 g/mol. The molecule has 2 saturated heterocycles. The molecule has 7 heteroatoms. The second-order valence-electron chi connectivity index (χ2n) is 6.82. The van der Waals surface area contributed by atoms with E-state index in [1.165, 1.54) is 0 Å². The highest BCUT2D eigenvalue weighted by Crippen LogP contribution is 2.24. The van der Waals surface area contributed by atoms with Crippen molar-refractivity contribution in [2.45, 2.75) is 45.3 Å². The molecule has 3 aliphatic heterocycles. The molecule has 23 heavy (non-hydrogen) atoms. The maximum Gasteiger partial charge on any atom is 0.228 e. The van der Waals surface area contributed by atoms with Gasteiger partial charge in [0, 0.05) is 45.2 Å². The summed E-state index contributed by atoms with van der Waals surface area (Å²) in [6, 6.07) is 0.471. The Bertz CT molecular complexity index is 575. The van der Waals surface area contributed by atoms with E-state index in [0.29, 0.717) is 12.6 Å². The van der Waals surface area contributed by atoms with E-state index in [0.717, 1.165) is 70.2 Å². The number of carbonyl (C=O) groups excluding carboxylic acids is 1. The van der Waals surface area contributed by atoms with E-state index in [-0.39, 0.29) is 11.8 Å². The van der Waals surface area contributed by atoms with Gasteiger partial charge in [-0.1, -0.05) is 6.92 Å². The highest BCUT2D eigenvalue weighted by atomic mass is 16.5. The minimum Gasteiger partial charge on any atom is -0.381 e. The van der Waals surface area contributed by atoms with E-state index in [2.05, 4.69) is 26.6 Å². The van der Waals surface area contributed by atoms with Crippen LogP contribution in [0.25, 0.3) is 0 Å². The second kappa shape index (κ2) is 6.20. The van der Waals surface area contributed by atoms with Crippen LogP contribution in [0.3, 0.4) is 0 Å². The van der Waals surface area contributed by atoms with Crippen molar-refractivity contribution >= 4 is 5.91 Å². The highest BCUT2D eigenvalue weighted by Gasteiger charge is 2.39. The Morgan fingerprint density at radius 2 is 2.17 bits per heavy atom. The Morgan fingerprint density at radius 1 is 1.30 bits per heavy atom. The second-order valence-corrected chi connectivity index (χ2v) is 6.82. The van der Waals surface area contributed by atoms with Crippen LogP contribution in [-0.2, 0) is 29.0 Å². The highest BCUT2D eigenvalue weighted by molar-refractivity contribution is 5.80. The summed E-state index contributed by atoms with van der Waals surface area (Å²) in [5, 5.41) is 8.59. The largest absolute Gasteiger partial charge is 0.381 e. The van der Waals surface area contributed by atoms with E-state index < -0.39 is 0 Å². The summed E-state index contributed by atoms with van der Waals surface area (Å²) < 4.78 is 7.69. The van der Waals surface area contributed by atoms with Crippen molar-refractivity contribution in [3.63, 3.8) is 0 Å². The monoisotopic (exact) mass is 319 g/mol. The number of aromatic nitrogens is 3. The summed E-state index contributed by atoms with van der Waals surface area (Å²) in [4.78, 5) is 16.9. The third-order valence-corrected chi connectivity index (χ3v) is 5.38. The van der Waals surface area contributed by atoms with Gasteiger partial charge in [0.2, 0.25) is 5.91 Å². The molecule has 0 unspecified atom stereocenters. The van der Waals surface area contributed by atoms with Crippen LogP contribution >= 0.6 is 0 Å². The first-order valence-corrected chi connectivity index (χ1v) is 8.77. The Kier molecular flexibility index (Phi) is 4.07. The number of carbonyl (C=O) groups is 1. The molecule has 4 heterocycles. The Morgan fingerprint density at radius 3 is 2.91 bits per heavy atom. The summed E-state index contributed by atoms with van der Waals surface area (Å²) in [6.45, 7) is 8.07. The summed E-state index contributed by atoms with van der Waals surface area (Å²) >= 11 is 0. The number of hydrogen-bond donors (Lipinski definition) is 0. The van der Waals surface area contributed by atoms with Gasteiger partial charge in [-0.05, 0) is 12.8 Å². The minimum absolute atomic E-state index is 0.0845. The molecule has 1 aromatic heterocycles. The first-order chi connectivity index (χ1) is 11.3. The van der Waals surface area contributed by atoms with Gasteiger partial charge in [0.15, 0.2) is 0 Å². The maximum absolute atomic E-state index is 12.5. The molecule has 0 radical (unpaired) electrons. The number of amides is 1. The molecule has 1 amide bonds. The predicted molar refractivity (Wildman–Crippen MR) is 83.7 cm³/mol. The van der Waals surface area contributed by atoms with Crippen molar-refractivity contribution in [3.8, 4) is 0 Å². The quantitative estimate of drug-likeness (QED) is 0.801. The van der Waals surface area contributed by atoms with Crippen molar-refractivity contribution in [2.24, 2.45) is 5.92 Å². The Hall–Kier alpha value is -1.47. The van der Waals surface area contributed by atoms with E-state index in [9.17, 15) is 4.79 Å². The first-order valence-electron chi connectivity index (χ1n) is 8.77. The molecule has 126 valence electrons. The van der Waals surface area contributed by atoms with Crippen molar-refractivity contribution < 1.29 is 9.53 Å². The van der Waals surface area contributed by atoms with Crippen molar-refractivity contribution in [3.05, 3.63) is 11.6 Å². The van der Waals surface area contributed by atoms with E-state index in [1.54, 1.807) is 0 Å². The fourth-order valence-electron chi connectivity index (χ4n) is 3.87. The van der Waals surface area contributed by atoms with Crippen LogP contribution in [0.2, 0.25) is 0 Å². The predicted octanol–water partition coefficient (Wildman–Crippen LogP) is 0.294. The van der Waals surface area contributed by atoms with Gasteiger partial charge in [-0.15, -0.1) is 10.2 Å². The average Bonchev–Trinajstić information content (AvgIpc) is 2.96. The van der Waals surface area contributed by atoms with Crippen LogP contribution < -0.4 is 0 Å². The molecule has 0 saturated carbocycles. The topological polar surface area (TPSA) is 63.5 Å².